The molecule has 0 aromatic heterocycles. The number of carbonyl (C=O) groups is 1. The van der Waals surface area contributed by atoms with Crippen molar-refractivity contribution in [1.29, 1.82) is 5.41 Å². The lowest BCUT2D eigenvalue weighted by Crippen LogP contribution is -2.43. The fourth-order valence-electron chi connectivity index (χ4n) is 0.576. The molecule has 0 spiro atoms. The number of aliphatic carboxylic acids is 1. The van der Waals surface area contributed by atoms with Gasteiger partial charge in [0.05, 0.1) is 0 Å². The molecule has 5 nitrogen and oxygen atoms in total. The lowest BCUT2D eigenvalue weighted by atomic mass is 10.2. The van der Waals surface area contributed by atoms with E-state index in [-0.39, 0.29) is 12.4 Å². The fraction of sp³-hybridized carbons (Fsp3) is 0.333. The van der Waals surface area contributed by atoms with Gasteiger partial charge in [0.25, 0.3) is 0 Å². The second-order valence-corrected chi connectivity index (χ2v) is 1.97. The molecule has 0 aliphatic heterocycles. The van der Waals surface area contributed by atoms with Crippen LogP contribution in [-0.4, -0.2) is 23.1 Å². The zero-order valence-electron chi connectivity index (χ0n) is 6.00. The highest BCUT2D eigenvalue weighted by molar-refractivity contribution is 5.82. The first-order valence-corrected chi connectivity index (χ1v) is 3.02. The lowest BCUT2D eigenvalue weighted by Gasteiger charge is -2.10. The normalized spacial score (nSPS) is 11.6. The molecule has 0 radical (unpaired) electrons. The molecule has 1 atom stereocenters. The summed E-state index contributed by atoms with van der Waals surface area (Å²) in [6.07, 6.45) is 1.70. The molecule has 0 heterocycles. The van der Waals surface area contributed by atoms with Crippen LogP contribution in [0.3, 0.4) is 0 Å². The Balaban J connectivity index is 3.99. The molecule has 11 heavy (non-hydrogen) atoms. The summed E-state index contributed by atoms with van der Waals surface area (Å²) in [5, 5.41) is 17.5. The summed E-state index contributed by atoms with van der Waals surface area (Å²) in [6.45, 7) is 3.38. The van der Waals surface area contributed by atoms with Gasteiger partial charge in [0.1, 0.15) is 6.04 Å². The summed E-state index contributed by atoms with van der Waals surface area (Å²) < 4.78 is 0. The van der Waals surface area contributed by atoms with Crippen molar-refractivity contribution in [3.63, 3.8) is 0 Å². The first-order chi connectivity index (χ1) is 5.07. The number of rotatable bonds is 4. The first kappa shape index (κ1) is 9.48. The van der Waals surface area contributed by atoms with E-state index in [4.69, 9.17) is 16.2 Å². The number of guanidine groups is 1. The quantitative estimate of drug-likeness (QED) is 0.251. The number of carboxylic acids is 1. The SMILES string of the molecule is C=CCC(NC(=N)N)C(=O)O. The van der Waals surface area contributed by atoms with Crippen molar-refractivity contribution in [3.05, 3.63) is 12.7 Å². The molecule has 0 saturated carbocycles. The van der Waals surface area contributed by atoms with Gasteiger partial charge in [0, 0.05) is 0 Å². The van der Waals surface area contributed by atoms with E-state index in [1.807, 2.05) is 0 Å². The highest BCUT2D eigenvalue weighted by Crippen LogP contribution is 1.91. The molecule has 0 aliphatic carbocycles. The largest absolute Gasteiger partial charge is 0.480 e. The molecule has 0 aromatic carbocycles. The van der Waals surface area contributed by atoms with Crippen molar-refractivity contribution in [2.24, 2.45) is 5.73 Å². The van der Waals surface area contributed by atoms with Gasteiger partial charge in [0.2, 0.25) is 0 Å². The van der Waals surface area contributed by atoms with Crippen molar-refractivity contribution in [3.8, 4) is 0 Å². The minimum atomic E-state index is -1.04. The smallest absolute Gasteiger partial charge is 0.326 e. The molecule has 0 bridgehead atoms. The van der Waals surface area contributed by atoms with Gasteiger partial charge in [0.15, 0.2) is 5.96 Å². The molecule has 62 valence electrons. The van der Waals surface area contributed by atoms with Gasteiger partial charge < -0.3 is 16.2 Å². The molecule has 0 saturated heterocycles. The van der Waals surface area contributed by atoms with Crippen LogP contribution >= 0.6 is 0 Å². The van der Waals surface area contributed by atoms with Crippen molar-refractivity contribution >= 4 is 11.9 Å². The molecule has 0 amide bonds. The van der Waals surface area contributed by atoms with Gasteiger partial charge in [-0.3, -0.25) is 5.41 Å². The van der Waals surface area contributed by atoms with Gasteiger partial charge in [-0.1, -0.05) is 6.08 Å². The predicted octanol–water partition coefficient (Wildman–Crippen LogP) is -0.501. The van der Waals surface area contributed by atoms with E-state index in [2.05, 4.69) is 11.9 Å². The van der Waals surface area contributed by atoms with Crippen LogP contribution in [0.2, 0.25) is 0 Å². The van der Waals surface area contributed by atoms with Gasteiger partial charge in [-0.05, 0) is 6.42 Å². The average Bonchev–Trinajstić information content (AvgIpc) is 1.86. The Morgan fingerprint density at radius 2 is 2.45 bits per heavy atom. The standard InChI is InChI=1S/C6H11N3O2/c1-2-3-4(5(10)11)9-6(7)8/h2,4H,1,3H2,(H,10,11)(H4,7,8,9). The third-order valence-corrected chi connectivity index (χ3v) is 1.03. The Labute approximate surface area is 64.4 Å². The lowest BCUT2D eigenvalue weighted by molar-refractivity contribution is -0.138. The number of hydrogen-bond donors (Lipinski definition) is 4. The van der Waals surface area contributed by atoms with Crippen LogP contribution < -0.4 is 11.1 Å². The van der Waals surface area contributed by atoms with Gasteiger partial charge in [-0.2, -0.15) is 0 Å². The van der Waals surface area contributed by atoms with Crippen LogP contribution in [0.25, 0.3) is 0 Å². The van der Waals surface area contributed by atoms with Crippen molar-refractivity contribution in [1.82, 2.24) is 5.32 Å². The topological polar surface area (TPSA) is 99.2 Å². The highest BCUT2D eigenvalue weighted by Gasteiger charge is 2.14. The van der Waals surface area contributed by atoms with Crippen molar-refractivity contribution in [2.45, 2.75) is 12.5 Å². The highest BCUT2D eigenvalue weighted by atomic mass is 16.4. The summed E-state index contributed by atoms with van der Waals surface area (Å²) in [6, 6.07) is -0.843. The van der Waals surface area contributed by atoms with E-state index in [0.29, 0.717) is 0 Å². The molecule has 0 rings (SSSR count). The summed E-state index contributed by atoms with van der Waals surface area (Å²) in [5.74, 6) is -1.39. The van der Waals surface area contributed by atoms with Crippen LogP contribution in [0.1, 0.15) is 6.42 Å². The predicted molar refractivity (Wildman–Crippen MR) is 41.3 cm³/mol. The van der Waals surface area contributed by atoms with Crippen LogP contribution in [0, 0.1) is 5.41 Å². The number of carboxylic acid groups (broad SMARTS) is 1. The second-order valence-electron chi connectivity index (χ2n) is 1.97. The van der Waals surface area contributed by atoms with E-state index >= 15 is 0 Å². The van der Waals surface area contributed by atoms with E-state index in [9.17, 15) is 4.79 Å². The third kappa shape index (κ3) is 3.96. The number of hydrogen-bond acceptors (Lipinski definition) is 2. The Morgan fingerprint density at radius 1 is 1.91 bits per heavy atom. The summed E-state index contributed by atoms with van der Waals surface area (Å²) in [4.78, 5) is 10.4. The van der Waals surface area contributed by atoms with Crippen LogP contribution in [0.5, 0.6) is 0 Å². The molecule has 1 unspecified atom stereocenters. The molecular weight excluding hydrogens is 146 g/mol. The van der Waals surface area contributed by atoms with Crippen LogP contribution in [-0.2, 0) is 4.79 Å². The monoisotopic (exact) mass is 157 g/mol. The van der Waals surface area contributed by atoms with E-state index < -0.39 is 12.0 Å². The Hall–Kier alpha value is -1.52. The average molecular weight is 157 g/mol. The maximum Gasteiger partial charge on any atom is 0.326 e. The maximum absolute atomic E-state index is 10.4. The van der Waals surface area contributed by atoms with Gasteiger partial charge >= 0.3 is 5.97 Å². The zero-order chi connectivity index (χ0) is 8.85. The fourth-order valence-corrected chi connectivity index (χ4v) is 0.576. The second kappa shape index (κ2) is 4.32. The zero-order valence-corrected chi connectivity index (χ0v) is 6.00. The minimum Gasteiger partial charge on any atom is -0.480 e. The third-order valence-electron chi connectivity index (χ3n) is 1.03. The van der Waals surface area contributed by atoms with E-state index in [1.54, 1.807) is 0 Å². The van der Waals surface area contributed by atoms with Crippen LogP contribution in [0.4, 0.5) is 0 Å². The summed E-state index contributed by atoms with van der Waals surface area (Å²) in [7, 11) is 0. The number of nitrogens with one attached hydrogen (secondary N) is 2. The van der Waals surface area contributed by atoms with E-state index in [1.165, 1.54) is 6.08 Å². The molecule has 5 N–H and O–H groups in total. The Morgan fingerprint density at radius 3 is 2.73 bits per heavy atom. The van der Waals surface area contributed by atoms with Gasteiger partial charge in [-0.15, -0.1) is 6.58 Å². The minimum absolute atomic E-state index is 0.245. The van der Waals surface area contributed by atoms with Crippen molar-refractivity contribution < 1.29 is 9.90 Å². The summed E-state index contributed by atoms with van der Waals surface area (Å²) in [5.41, 5.74) is 4.94. The Bertz CT molecular complexity index is 179. The molecule has 0 aliphatic rings. The first-order valence-electron chi connectivity index (χ1n) is 3.02. The van der Waals surface area contributed by atoms with Crippen LogP contribution in [0.15, 0.2) is 12.7 Å². The Kier molecular flexibility index (Phi) is 3.72. The van der Waals surface area contributed by atoms with E-state index in [0.717, 1.165) is 0 Å². The maximum atomic E-state index is 10.4. The molecule has 0 fully saturated rings. The molecule has 5 heteroatoms. The molecular formula is C6H11N3O2. The molecule has 0 aromatic rings. The van der Waals surface area contributed by atoms with Crippen molar-refractivity contribution in [2.75, 3.05) is 0 Å². The van der Waals surface area contributed by atoms with Gasteiger partial charge in [-0.25, -0.2) is 4.79 Å². The summed E-state index contributed by atoms with van der Waals surface area (Å²) >= 11 is 0. The number of nitrogens with two attached hydrogens (primary N) is 1.